The van der Waals surface area contributed by atoms with Crippen molar-refractivity contribution in [1.29, 1.82) is 0 Å². The van der Waals surface area contributed by atoms with Crippen LogP contribution in [-0.4, -0.2) is 65.3 Å². The molecule has 7 nitrogen and oxygen atoms in total. The molecular formula is C25H31ClN6O. The second-order valence-electron chi connectivity index (χ2n) is 9.36. The zero-order valence-electron chi connectivity index (χ0n) is 19.1. The molecular weight excluding hydrogens is 436 g/mol. The van der Waals surface area contributed by atoms with Crippen molar-refractivity contribution in [2.45, 2.75) is 25.7 Å². The van der Waals surface area contributed by atoms with Gasteiger partial charge in [-0.25, -0.2) is 4.68 Å². The van der Waals surface area contributed by atoms with Gasteiger partial charge in [0.15, 0.2) is 5.82 Å². The zero-order valence-corrected chi connectivity index (χ0v) is 19.8. The Kier molecular flexibility index (Phi) is 6.51. The number of hydrogen-bond donors (Lipinski definition) is 1. The molecule has 2 aliphatic heterocycles. The highest BCUT2D eigenvalue weighted by molar-refractivity contribution is 6.30. The first kappa shape index (κ1) is 22.2. The average molecular weight is 467 g/mol. The minimum atomic E-state index is 0.0822. The van der Waals surface area contributed by atoms with E-state index in [-0.39, 0.29) is 11.8 Å². The first-order valence-corrected chi connectivity index (χ1v) is 12.3. The number of aromatic nitrogens is 3. The Morgan fingerprint density at radius 2 is 1.79 bits per heavy atom. The molecule has 174 valence electrons. The highest BCUT2D eigenvalue weighted by atomic mass is 35.5. The third-order valence-electron chi connectivity index (χ3n) is 7.10. The van der Waals surface area contributed by atoms with Gasteiger partial charge >= 0.3 is 0 Å². The highest BCUT2D eigenvalue weighted by Crippen LogP contribution is 2.31. The number of carbonyl (C=O) groups excluding carboxylic acids is 1. The maximum absolute atomic E-state index is 12.8. The molecule has 5 rings (SSSR count). The van der Waals surface area contributed by atoms with Crippen LogP contribution in [0.15, 0.2) is 42.7 Å². The van der Waals surface area contributed by atoms with Gasteiger partial charge in [0.05, 0.1) is 17.4 Å². The molecule has 0 atom stereocenters. The minimum absolute atomic E-state index is 0.0822. The van der Waals surface area contributed by atoms with Crippen molar-refractivity contribution < 1.29 is 4.79 Å². The monoisotopic (exact) mass is 466 g/mol. The number of benzene rings is 1. The lowest BCUT2D eigenvalue weighted by molar-refractivity contribution is -0.125. The number of rotatable bonds is 5. The molecule has 1 N–H and O–H groups in total. The predicted octanol–water partition coefficient (Wildman–Crippen LogP) is 3.75. The fourth-order valence-electron chi connectivity index (χ4n) is 4.97. The number of piperidine rings is 2. The Morgan fingerprint density at radius 1 is 1.06 bits per heavy atom. The number of nitrogens with one attached hydrogen (secondary N) is 1. The molecule has 0 unspecified atom stereocenters. The van der Waals surface area contributed by atoms with E-state index in [1.807, 2.05) is 47.4 Å². The Bertz CT molecular complexity index is 1100. The molecule has 0 bridgehead atoms. The van der Waals surface area contributed by atoms with E-state index in [1.165, 1.54) is 12.8 Å². The van der Waals surface area contributed by atoms with Crippen LogP contribution in [0.25, 0.3) is 16.6 Å². The number of nitrogens with zero attached hydrogens (tertiary/aromatic N) is 5. The molecule has 0 spiro atoms. The third kappa shape index (κ3) is 4.84. The number of carbonyl (C=O) groups is 1. The quantitative estimate of drug-likeness (QED) is 0.620. The predicted molar refractivity (Wildman–Crippen MR) is 132 cm³/mol. The van der Waals surface area contributed by atoms with E-state index >= 15 is 0 Å². The number of anilines is 1. The number of fused-ring (bicyclic) bond motifs is 1. The third-order valence-corrected chi connectivity index (χ3v) is 7.36. The number of likely N-dealkylation sites (tertiary alicyclic amines) is 1. The van der Waals surface area contributed by atoms with Crippen LogP contribution >= 0.6 is 11.6 Å². The van der Waals surface area contributed by atoms with E-state index in [2.05, 4.69) is 27.1 Å². The summed E-state index contributed by atoms with van der Waals surface area (Å²) in [6, 6.07) is 9.69. The molecule has 3 aromatic rings. The molecule has 1 aromatic carbocycles. The van der Waals surface area contributed by atoms with Gasteiger partial charge in [-0.15, -0.1) is 5.10 Å². The first-order valence-electron chi connectivity index (χ1n) is 11.9. The molecule has 8 heteroatoms. The summed E-state index contributed by atoms with van der Waals surface area (Å²) >= 11 is 6.07. The van der Waals surface area contributed by atoms with Gasteiger partial charge in [0, 0.05) is 42.2 Å². The maximum Gasteiger partial charge on any atom is 0.223 e. The molecule has 0 radical (unpaired) electrons. The van der Waals surface area contributed by atoms with Gasteiger partial charge in [0.25, 0.3) is 0 Å². The van der Waals surface area contributed by atoms with E-state index in [0.29, 0.717) is 10.9 Å². The van der Waals surface area contributed by atoms with Crippen LogP contribution in [0.4, 0.5) is 5.82 Å². The van der Waals surface area contributed by atoms with Crippen LogP contribution in [0.5, 0.6) is 0 Å². The molecule has 1 amide bonds. The van der Waals surface area contributed by atoms with Gasteiger partial charge in [-0.2, -0.15) is 0 Å². The molecule has 2 aromatic heterocycles. The summed E-state index contributed by atoms with van der Waals surface area (Å²) in [5, 5.41) is 9.95. The van der Waals surface area contributed by atoms with Crippen LogP contribution < -0.4 is 10.2 Å². The summed E-state index contributed by atoms with van der Waals surface area (Å²) in [7, 11) is 2.17. The Hall–Kier alpha value is -2.64. The second-order valence-corrected chi connectivity index (χ2v) is 9.79. The molecule has 2 fully saturated rings. The SMILES string of the molecule is CN1CCC(CNC(=O)C2CCN(c3nn(-c4ccc(Cl)cc4)c4cnccc34)CC2)CC1. The number of hydrogen-bond acceptors (Lipinski definition) is 5. The number of halogens is 1. The van der Waals surface area contributed by atoms with Gasteiger partial charge in [-0.3, -0.25) is 9.78 Å². The van der Waals surface area contributed by atoms with Crippen LogP contribution in [0, 0.1) is 11.8 Å². The standard InChI is InChI=1S/C25H31ClN6O/c1-30-12-7-18(8-13-30)16-28-25(33)19-9-14-31(15-10-19)24-22-6-11-27-17-23(22)32(29-24)21-4-2-20(26)3-5-21/h2-6,11,17-19H,7-10,12-16H2,1H3,(H,28,33). The van der Waals surface area contributed by atoms with Crippen LogP contribution in [0.3, 0.4) is 0 Å². The van der Waals surface area contributed by atoms with E-state index in [9.17, 15) is 4.79 Å². The maximum atomic E-state index is 12.8. The van der Waals surface area contributed by atoms with Crippen molar-refractivity contribution in [3.8, 4) is 5.69 Å². The van der Waals surface area contributed by atoms with E-state index in [4.69, 9.17) is 16.7 Å². The van der Waals surface area contributed by atoms with Gasteiger partial charge in [-0.05, 0) is 82.1 Å². The molecule has 4 heterocycles. The Morgan fingerprint density at radius 3 is 2.52 bits per heavy atom. The van der Waals surface area contributed by atoms with Gasteiger partial charge in [-0.1, -0.05) is 11.6 Å². The van der Waals surface area contributed by atoms with Crippen molar-refractivity contribution in [3.63, 3.8) is 0 Å². The number of amides is 1. The van der Waals surface area contributed by atoms with Crippen LogP contribution in [0.2, 0.25) is 5.02 Å². The lowest BCUT2D eigenvalue weighted by Gasteiger charge is -2.32. The lowest BCUT2D eigenvalue weighted by Crippen LogP contribution is -2.43. The summed E-state index contributed by atoms with van der Waals surface area (Å²) in [4.78, 5) is 21.8. The van der Waals surface area contributed by atoms with E-state index in [1.54, 1.807) is 0 Å². The van der Waals surface area contributed by atoms with Gasteiger partial charge in [0.2, 0.25) is 5.91 Å². The summed E-state index contributed by atoms with van der Waals surface area (Å²) < 4.78 is 1.92. The highest BCUT2D eigenvalue weighted by Gasteiger charge is 2.28. The fraction of sp³-hybridized carbons (Fsp3) is 0.480. The van der Waals surface area contributed by atoms with Crippen LogP contribution in [0.1, 0.15) is 25.7 Å². The summed E-state index contributed by atoms with van der Waals surface area (Å²) in [6.45, 7) is 4.72. The molecule has 0 saturated carbocycles. The van der Waals surface area contributed by atoms with Gasteiger partial charge < -0.3 is 15.1 Å². The zero-order chi connectivity index (χ0) is 22.8. The van der Waals surface area contributed by atoms with E-state index in [0.717, 1.165) is 68.0 Å². The Balaban J connectivity index is 1.24. The minimum Gasteiger partial charge on any atom is -0.356 e. The van der Waals surface area contributed by atoms with Crippen molar-refractivity contribution >= 4 is 34.2 Å². The van der Waals surface area contributed by atoms with E-state index < -0.39 is 0 Å². The smallest absolute Gasteiger partial charge is 0.223 e. The van der Waals surface area contributed by atoms with Crippen molar-refractivity contribution in [3.05, 3.63) is 47.7 Å². The average Bonchev–Trinajstić information content (AvgIpc) is 3.24. The van der Waals surface area contributed by atoms with Crippen molar-refractivity contribution in [2.75, 3.05) is 44.7 Å². The molecule has 33 heavy (non-hydrogen) atoms. The lowest BCUT2D eigenvalue weighted by atomic mass is 9.94. The van der Waals surface area contributed by atoms with Gasteiger partial charge in [0.1, 0.15) is 0 Å². The van der Waals surface area contributed by atoms with Crippen LogP contribution in [-0.2, 0) is 4.79 Å². The topological polar surface area (TPSA) is 66.3 Å². The normalized spacial score (nSPS) is 18.7. The summed E-state index contributed by atoms with van der Waals surface area (Å²) in [5.41, 5.74) is 1.92. The molecule has 0 aliphatic carbocycles. The molecule has 2 saturated heterocycles. The second kappa shape index (κ2) is 9.69. The molecule has 2 aliphatic rings. The largest absolute Gasteiger partial charge is 0.356 e. The Labute approximate surface area is 199 Å². The van der Waals surface area contributed by atoms with Crippen molar-refractivity contribution in [1.82, 2.24) is 25.0 Å². The fourth-order valence-corrected chi connectivity index (χ4v) is 5.09. The first-order chi connectivity index (χ1) is 16.1. The summed E-state index contributed by atoms with van der Waals surface area (Å²) in [5.74, 6) is 1.86. The van der Waals surface area contributed by atoms with Crippen molar-refractivity contribution in [2.24, 2.45) is 11.8 Å². The summed E-state index contributed by atoms with van der Waals surface area (Å²) in [6.07, 6.45) is 7.70. The number of pyridine rings is 1.